The van der Waals surface area contributed by atoms with E-state index in [9.17, 15) is 0 Å². The molecule has 1 heterocycles. The first kappa shape index (κ1) is 10.3. The first-order valence-electron chi connectivity index (χ1n) is 3.66. The molecule has 1 rings (SSSR count). The van der Waals surface area contributed by atoms with Gasteiger partial charge in [0.25, 0.3) is 0 Å². The van der Waals surface area contributed by atoms with E-state index in [1.165, 1.54) is 0 Å². The molecule has 0 aliphatic rings. The Morgan fingerprint density at radius 1 is 1.62 bits per heavy atom. The standard InChI is InChI=1S/C8H9Cl2N3/c1-5(9)4-11-8-3-7(10)12-6(2)13-8/h3H,1,4H2,2H3,(H,11,12,13). The molecule has 0 spiro atoms. The SMILES string of the molecule is C=C(Cl)CNc1cc(Cl)nc(C)n1. The molecule has 1 aromatic rings. The fourth-order valence-corrected chi connectivity index (χ4v) is 1.10. The van der Waals surface area contributed by atoms with Crippen LogP contribution < -0.4 is 5.32 Å². The smallest absolute Gasteiger partial charge is 0.134 e. The lowest BCUT2D eigenvalue weighted by molar-refractivity contribution is 1.04. The molecule has 0 saturated carbocycles. The van der Waals surface area contributed by atoms with Crippen molar-refractivity contribution in [3.63, 3.8) is 0 Å². The fourth-order valence-electron chi connectivity index (χ4n) is 0.808. The summed E-state index contributed by atoms with van der Waals surface area (Å²) in [6.45, 7) is 5.78. The van der Waals surface area contributed by atoms with Gasteiger partial charge in [-0.1, -0.05) is 29.8 Å². The number of hydrogen-bond acceptors (Lipinski definition) is 3. The molecule has 5 heteroatoms. The second-order valence-corrected chi connectivity index (χ2v) is 3.42. The Balaban J connectivity index is 2.71. The lowest BCUT2D eigenvalue weighted by Gasteiger charge is -2.04. The Morgan fingerprint density at radius 2 is 2.31 bits per heavy atom. The Bertz CT molecular complexity index is 305. The van der Waals surface area contributed by atoms with Gasteiger partial charge in [-0.05, 0) is 6.92 Å². The zero-order valence-electron chi connectivity index (χ0n) is 7.14. The van der Waals surface area contributed by atoms with E-state index in [-0.39, 0.29) is 0 Å². The summed E-state index contributed by atoms with van der Waals surface area (Å²) in [5.74, 6) is 1.27. The van der Waals surface area contributed by atoms with Crippen LogP contribution in [0, 0.1) is 6.92 Å². The van der Waals surface area contributed by atoms with Crippen molar-refractivity contribution in [1.82, 2.24) is 9.97 Å². The maximum absolute atomic E-state index is 5.72. The zero-order valence-corrected chi connectivity index (χ0v) is 8.65. The summed E-state index contributed by atoms with van der Waals surface area (Å²) in [7, 11) is 0. The molecule has 0 aromatic carbocycles. The van der Waals surface area contributed by atoms with Crippen molar-refractivity contribution < 1.29 is 0 Å². The highest BCUT2D eigenvalue weighted by Gasteiger charge is 1.98. The molecule has 0 saturated heterocycles. The second kappa shape index (κ2) is 4.44. The van der Waals surface area contributed by atoms with Gasteiger partial charge >= 0.3 is 0 Å². The minimum atomic E-state index is 0.412. The van der Waals surface area contributed by atoms with Gasteiger partial charge in [0, 0.05) is 11.1 Å². The number of aromatic nitrogens is 2. The van der Waals surface area contributed by atoms with E-state index in [1.54, 1.807) is 13.0 Å². The van der Waals surface area contributed by atoms with Crippen molar-refractivity contribution >= 4 is 29.0 Å². The van der Waals surface area contributed by atoms with Crippen LogP contribution in [0.5, 0.6) is 0 Å². The van der Waals surface area contributed by atoms with Gasteiger partial charge in [0.2, 0.25) is 0 Å². The van der Waals surface area contributed by atoms with Crippen molar-refractivity contribution in [2.24, 2.45) is 0 Å². The molecule has 0 bridgehead atoms. The third-order valence-electron chi connectivity index (χ3n) is 1.27. The molecule has 0 unspecified atom stereocenters. The van der Waals surface area contributed by atoms with Crippen LogP contribution in [0.15, 0.2) is 17.7 Å². The van der Waals surface area contributed by atoms with Crippen molar-refractivity contribution in [3.8, 4) is 0 Å². The van der Waals surface area contributed by atoms with Gasteiger partial charge in [0.1, 0.15) is 16.8 Å². The highest BCUT2D eigenvalue weighted by molar-refractivity contribution is 6.30. The molecule has 1 N–H and O–H groups in total. The molecule has 0 aliphatic carbocycles. The summed E-state index contributed by atoms with van der Waals surface area (Å²) in [5.41, 5.74) is 0. The summed E-state index contributed by atoms with van der Waals surface area (Å²) in [6, 6.07) is 1.63. The van der Waals surface area contributed by atoms with Gasteiger partial charge in [-0.25, -0.2) is 9.97 Å². The van der Waals surface area contributed by atoms with Crippen LogP contribution in [0.4, 0.5) is 5.82 Å². The number of halogens is 2. The highest BCUT2D eigenvalue weighted by atomic mass is 35.5. The predicted octanol–water partition coefficient (Wildman–Crippen LogP) is 2.60. The molecule has 0 amide bonds. The number of aryl methyl sites for hydroxylation is 1. The van der Waals surface area contributed by atoms with Gasteiger partial charge < -0.3 is 5.32 Å². The third kappa shape index (κ3) is 3.61. The molecule has 3 nitrogen and oxygen atoms in total. The number of nitrogens with one attached hydrogen (secondary N) is 1. The van der Waals surface area contributed by atoms with Crippen LogP contribution in [0.1, 0.15) is 5.82 Å². The average molecular weight is 218 g/mol. The van der Waals surface area contributed by atoms with E-state index >= 15 is 0 Å². The van der Waals surface area contributed by atoms with Crippen LogP contribution in [0.2, 0.25) is 5.15 Å². The molecule has 0 radical (unpaired) electrons. The van der Waals surface area contributed by atoms with E-state index in [1.807, 2.05) is 0 Å². The summed E-state index contributed by atoms with van der Waals surface area (Å²) in [6.07, 6.45) is 0. The predicted molar refractivity (Wildman–Crippen MR) is 55.3 cm³/mol. The Labute approximate surface area is 86.8 Å². The molecule has 1 aromatic heterocycles. The minimum absolute atomic E-state index is 0.412. The van der Waals surface area contributed by atoms with Crippen LogP contribution in [-0.2, 0) is 0 Å². The second-order valence-electron chi connectivity index (χ2n) is 2.49. The third-order valence-corrected chi connectivity index (χ3v) is 1.60. The van der Waals surface area contributed by atoms with Crippen molar-refractivity contribution in [3.05, 3.63) is 28.7 Å². The monoisotopic (exact) mass is 217 g/mol. The largest absolute Gasteiger partial charge is 0.365 e. The van der Waals surface area contributed by atoms with Crippen LogP contribution in [-0.4, -0.2) is 16.5 Å². The molecule has 70 valence electrons. The van der Waals surface area contributed by atoms with Crippen molar-refractivity contribution in [2.45, 2.75) is 6.92 Å². The Morgan fingerprint density at radius 3 is 2.85 bits per heavy atom. The molecule has 0 atom stereocenters. The first-order chi connectivity index (χ1) is 6.08. The maximum atomic E-state index is 5.72. The van der Waals surface area contributed by atoms with Gasteiger partial charge in [0.15, 0.2) is 0 Å². The van der Waals surface area contributed by atoms with Gasteiger partial charge in [-0.15, -0.1) is 0 Å². The number of hydrogen-bond donors (Lipinski definition) is 1. The average Bonchev–Trinajstić information content (AvgIpc) is 1.99. The van der Waals surface area contributed by atoms with E-state index < -0.39 is 0 Å². The maximum Gasteiger partial charge on any atom is 0.134 e. The minimum Gasteiger partial charge on any atom is -0.365 e. The number of anilines is 1. The fraction of sp³-hybridized carbons (Fsp3) is 0.250. The van der Waals surface area contributed by atoms with Gasteiger partial charge in [0.05, 0.1) is 6.54 Å². The van der Waals surface area contributed by atoms with Crippen LogP contribution in [0.3, 0.4) is 0 Å². The van der Waals surface area contributed by atoms with E-state index in [0.717, 1.165) is 0 Å². The summed E-state index contributed by atoms with van der Waals surface area (Å²) >= 11 is 11.3. The van der Waals surface area contributed by atoms with E-state index in [2.05, 4.69) is 21.9 Å². The molecular weight excluding hydrogens is 209 g/mol. The van der Waals surface area contributed by atoms with Gasteiger partial charge in [-0.3, -0.25) is 0 Å². The van der Waals surface area contributed by atoms with Crippen LogP contribution in [0.25, 0.3) is 0 Å². The lowest BCUT2D eigenvalue weighted by atomic mass is 10.5. The number of rotatable bonds is 3. The highest BCUT2D eigenvalue weighted by Crippen LogP contribution is 2.11. The topological polar surface area (TPSA) is 37.8 Å². The first-order valence-corrected chi connectivity index (χ1v) is 4.42. The Kier molecular flexibility index (Phi) is 3.51. The summed E-state index contributed by atoms with van der Waals surface area (Å²) < 4.78 is 0. The number of nitrogens with zero attached hydrogens (tertiary/aromatic N) is 2. The van der Waals surface area contributed by atoms with E-state index in [0.29, 0.717) is 28.4 Å². The quantitative estimate of drug-likeness (QED) is 0.792. The zero-order chi connectivity index (χ0) is 9.84. The molecule has 0 fully saturated rings. The van der Waals surface area contributed by atoms with E-state index in [4.69, 9.17) is 23.2 Å². The van der Waals surface area contributed by atoms with Gasteiger partial charge in [-0.2, -0.15) is 0 Å². The molecule has 13 heavy (non-hydrogen) atoms. The molecule has 0 aliphatic heterocycles. The Hall–Kier alpha value is -0.800. The lowest BCUT2D eigenvalue weighted by Crippen LogP contribution is -2.04. The summed E-state index contributed by atoms with van der Waals surface area (Å²) in [5, 5.41) is 3.89. The summed E-state index contributed by atoms with van der Waals surface area (Å²) in [4.78, 5) is 8.02. The van der Waals surface area contributed by atoms with Crippen molar-refractivity contribution in [2.75, 3.05) is 11.9 Å². The normalized spacial score (nSPS) is 9.77. The van der Waals surface area contributed by atoms with Crippen LogP contribution >= 0.6 is 23.2 Å². The molecular formula is C8H9Cl2N3. The van der Waals surface area contributed by atoms with Crippen molar-refractivity contribution in [1.29, 1.82) is 0 Å².